The van der Waals surface area contributed by atoms with Crippen molar-refractivity contribution in [2.24, 2.45) is 11.8 Å². The molecule has 116 valence electrons. The molecule has 2 fully saturated rings. The van der Waals surface area contributed by atoms with E-state index in [0.29, 0.717) is 24.9 Å². The van der Waals surface area contributed by atoms with E-state index in [0.717, 1.165) is 25.7 Å². The van der Waals surface area contributed by atoms with Gasteiger partial charge in [0.15, 0.2) is 0 Å². The van der Waals surface area contributed by atoms with Crippen molar-refractivity contribution in [2.45, 2.75) is 30.6 Å². The number of hydrogen-bond donors (Lipinski definition) is 1. The van der Waals surface area contributed by atoms with E-state index in [1.165, 1.54) is 12.1 Å². The highest BCUT2D eigenvalue weighted by Crippen LogP contribution is 2.39. The van der Waals surface area contributed by atoms with Crippen LogP contribution in [0.25, 0.3) is 0 Å². The number of halogens is 2. The zero-order valence-corrected chi connectivity index (χ0v) is 13.9. The molecule has 3 rings (SSSR count). The minimum Gasteiger partial charge on any atom is -0.396 e. The first-order chi connectivity index (χ1) is 9.89. The number of nitrogen functional groups attached to an aromatic ring is 1. The zero-order valence-electron chi connectivity index (χ0n) is 11.6. The molecule has 2 saturated carbocycles. The number of hydrogen-bond acceptors (Lipinski definition) is 3. The molecule has 1 aromatic carbocycles. The van der Waals surface area contributed by atoms with Crippen molar-refractivity contribution in [3.05, 3.63) is 22.2 Å². The monoisotopic (exact) mass is 348 g/mol. The summed E-state index contributed by atoms with van der Waals surface area (Å²) in [5.74, 6) is 0.976. The standard InChI is InChI=1S/C14H18Cl2N2O2S/c15-11-5-6-12(13(16)14(11)17)21(19,20)18(7-9-1-2-9)8-10-3-4-10/h5-6,9-10H,1-4,7-8,17H2. The molecule has 0 saturated heterocycles. The fourth-order valence-electron chi connectivity index (χ4n) is 2.34. The van der Waals surface area contributed by atoms with Crippen LogP contribution in [-0.2, 0) is 10.0 Å². The van der Waals surface area contributed by atoms with Crippen molar-refractivity contribution < 1.29 is 8.42 Å². The minimum absolute atomic E-state index is 0.0269. The lowest BCUT2D eigenvalue weighted by molar-refractivity contribution is 0.382. The van der Waals surface area contributed by atoms with Gasteiger partial charge < -0.3 is 5.73 Å². The highest BCUT2D eigenvalue weighted by Gasteiger charge is 2.36. The number of nitrogens with two attached hydrogens (primary N) is 1. The summed E-state index contributed by atoms with van der Waals surface area (Å²) < 4.78 is 27.4. The third-order valence-corrected chi connectivity index (χ3v) is 6.75. The molecule has 0 aromatic heterocycles. The molecule has 4 nitrogen and oxygen atoms in total. The van der Waals surface area contributed by atoms with Crippen LogP contribution in [0.3, 0.4) is 0 Å². The Bertz CT molecular complexity index is 641. The summed E-state index contributed by atoms with van der Waals surface area (Å²) in [6.45, 7) is 1.16. The molecule has 0 unspecified atom stereocenters. The molecule has 21 heavy (non-hydrogen) atoms. The van der Waals surface area contributed by atoms with Gasteiger partial charge in [-0.15, -0.1) is 0 Å². The molecule has 0 radical (unpaired) electrons. The van der Waals surface area contributed by atoms with Gasteiger partial charge >= 0.3 is 0 Å². The van der Waals surface area contributed by atoms with Gasteiger partial charge in [-0.2, -0.15) is 4.31 Å². The Hall–Kier alpha value is -0.490. The fourth-order valence-corrected chi connectivity index (χ4v) is 4.67. The normalized spacial score (nSPS) is 19.2. The van der Waals surface area contributed by atoms with Crippen LogP contribution in [-0.4, -0.2) is 25.8 Å². The molecule has 1 aromatic rings. The predicted molar refractivity (Wildman–Crippen MR) is 85.1 cm³/mol. The van der Waals surface area contributed by atoms with Crippen molar-refractivity contribution in [2.75, 3.05) is 18.8 Å². The van der Waals surface area contributed by atoms with E-state index in [1.807, 2.05) is 0 Å². The first-order valence-corrected chi connectivity index (χ1v) is 9.33. The summed E-state index contributed by atoms with van der Waals surface area (Å²) in [6, 6.07) is 2.94. The molecule has 0 bridgehead atoms. The molecule has 7 heteroatoms. The fraction of sp³-hybridized carbons (Fsp3) is 0.571. The molecule has 0 aliphatic heterocycles. The Balaban J connectivity index is 1.93. The Morgan fingerprint density at radius 2 is 1.62 bits per heavy atom. The van der Waals surface area contributed by atoms with Gasteiger partial charge in [0.2, 0.25) is 10.0 Å². The summed E-state index contributed by atoms with van der Waals surface area (Å²) >= 11 is 12.0. The molecule has 2 aliphatic carbocycles. The van der Waals surface area contributed by atoms with Gasteiger partial charge in [-0.1, -0.05) is 23.2 Å². The lowest BCUT2D eigenvalue weighted by Crippen LogP contribution is -2.35. The summed E-state index contributed by atoms with van der Waals surface area (Å²) in [5, 5.41) is 0.300. The zero-order chi connectivity index (χ0) is 15.2. The predicted octanol–water partition coefficient (Wildman–Crippen LogP) is 3.39. The summed E-state index contributed by atoms with van der Waals surface area (Å²) in [4.78, 5) is 0.0624. The molecular weight excluding hydrogens is 331 g/mol. The average molecular weight is 349 g/mol. The number of nitrogens with zero attached hydrogens (tertiary/aromatic N) is 1. The minimum atomic E-state index is -3.62. The summed E-state index contributed by atoms with van der Waals surface area (Å²) in [6.07, 6.45) is 4.42. The van der Waals surface area contributed by atoms with Crippen LogP contribution in [0.5, 0.6) is 0 Å². The SMILES string of the molecule is Nc1c(Cl)ccc(S(=O)(=O)N(CC2CC2)CC2CC2)c1Cl. The van der Waals surface area contributed by atoms with E-state index in [9.17, 15) is 8.42 Å². The van der Waals surface area contributed by atoms with Crippen LogP contribution < -0.4 is 5.73 Å². The maximum atomic E-state index is 12.9. The second-order valence-corrected chi connectivity index (χ2v) is 8.67. The summed E-state index contributed by atoms with van der Waals surface area (Å²) in [7, 11) is -3.62. The third-order valence-electron chi connectivity index (χ3n) is 4.03. The molecule has 0 atom stereocenters. The van der Waals surface area contributed by atoms with Crippen LogP contribution >= 0.6 is 23.2 Å². The molecule has 0 amide bonds. The number of sulfonamides is 1. The topological polar surface area (TPSA) is 63.4 Å². The average Bonchev–Trinajstić information content (AvgIpc) is 3.30. The highest BCUT2D eigenvalue weighted by atomic mass is 35.5. The maximum Gasteiger partial charge on any atom is 0.244 e. The molecule has 0 spiro atoms. The van der Waals surface area contributed by atoms with Crippen molar-refractivity contribution in [1.82, 2.24) is 4.31 Å². The first-order valence-electron chi connectivity index (χ1n) is 7.13. The quantitative estimate of drug-likeness (QED) is 0.801. The van der Waals surface area contributed by atoms with Crippen molar-refractivity contribution in [3.8, 4) is 0 Å². The number of anilines is 1. The van der Waals surface area contributed by atoms with Crippen LogP contribution in [0, 0.1) is 11.8 Å². The molecule has 2 aliphatic rings. The Morgan fingerprint density at radius 1 is 1.10 bits per heavy atom. The molecule has 0 heterocycles. The largest absolute Gasteiger partial charge is 0.396 e. The van der Waals surface area contributed by atoms with E-state index in [1.54, 1.807) is 4.31 Å². The first kappa shape index (κ1) is 15.4. The highest BCUT2D eigenvalue weighted by molar-refractivity contribution is 7.89. The van der Waals surface area contributed by atoms with Gasteiger partial charge in [-0.05, 0) is 49.7 Å². The lowest BCUT2D eigenvalue weighted by atomic mass is 10.3. The molecule has 2 N–H and O–H groups in total. The van der Waals surface area contributed by atoms with Crippen LogP contribution in [0.15, 0.2) is 17.0 Å². The third kappa shape index (κ3) is 3.31. The second-order valence-electron chi connectivity index (χ2n) is 5.98. The number of benzene rings is 1. The van der Waals surface area contributed by atoms with E-state index >= 15 is 0 Å². The van der Waals surface area contributed by atoms with Gasteiger partial charge in [-0.3, -0.25) is 0 Å². The van der Waals surface area contributed by atoms with Crippen LogP contribution in [0.2, 0.25) is 10.0 Å². The van der Waals surface area contributed by atoms with Crippen molar-refractivity contribution >= 4 is 38.9 Å². The Labute approximate surface area is 135 Å². The van der Waals surface area contributed by atoms with Gasteiger partial charge in [-0.25, -0.2) is 8.42 Å². The van der Waals surface area contributed by atoms with E-state index < -0.39 is 10.0 Å². The van der Waals surface area contributed by atoms with E-state index in [-0.39, 0.29) is 20.6 Å². The van der Waals surface area contributed by atoms with Crippen molar-refractivity contribution in [1.29, 1.82) is 0 Å². The maximum absolute atomic E-state index is 12.9. The van der Waals surface area contributed by atoms with Gasteiger partial charge in [0.05, 0.1) is 15.7 Å². The van der Waals surface area contributed by atoms with E-state index in [4.69, 9.17) is 28.9 Å². The number of rotatable bonds is 6. The van der Waals surface area contributed by atoms with E-state index in [2.05, 4.69) is 0 Å². The molecular formula is C14H18Cl2N2O2S. The summed E-state index contributed by atoms with van der Waals surface area (Å²) in [5.41, 5.74) is 5.88. The lowest BCUT2D eigenvalue weighted by Gasteiger charge is -2.23. The van der Waals surface area contributed by atoms with Gasteiger partial charge in [0.25, 0.3) is 0 Å². The second kappa shape index (κ2) is 5.61. The van der Waals surface area contributed by atoms with Crippen LogP contribution in [0.1, 0.15) is 25.7 Å². The Kier molecular flexibility index (Phi) is 4.12. The Morgan fingerprint density at radius 3 is 2.10 bits per heavy atom. The smallest absolute Gasteiger partial charge is 0.244 e. The van der Waals surface area contributed by atoms with Crippen LogP contribution in [0.4, 0.5) is 5.69 Å². The van der Waals surface area contributed by atoms with Gasteiger partial charge in [0.1, 0.15) is 4.90 Å². The van der Waals surface area contributed by atoms with Crippen molar-refractivity contribution in [3.63, 3.8) is 0 Å². The van der Waals surface area contributed by atoms with Gasteiger partial charge in [0, 0.05) is 13.1 Å².